The molecule has 1 aliphatic rings. The lowest BCUT2D eigenvalue weighted by molar-refractivity contribution is -0.121. The van der Waals surface area contributed by atoms with Crippen LogP contribution in [-0.2, 0) is 4.79 Å². The summed E-state index contributed by atoms with van der Waals surface area (Å²) in [6, 6.07) is 9.35. The van der Waals surface area contributed by atoms with Gasteiger partial charge in [-0.2, -0.15) is 0 Å². The largest absolute Gasteiger partial charge is 0.389 e. The van der Waals surface area contributed by atoms with Gasteiger partial charge in [0.25, 0.3) is 0 Å². The summed E-state index contributed by atoms with van der Waals surface area (Å²) < 4.78 is 0. The minimum absolute atomic E-state index is 0.0411. The van der Waals surface area contributed by atoms with Crippen molar-refractivity contribution in [3.8, 4) is 12.3 Å². The molecule has 0 aliphatic heterocycles. The smallest absolute Gasteiger partial charge is 0.221 e. The van der Waals surface area contributed by atoms with E-state index in [1.807, 2.05) is 37.3 Å². The minimum Gasteiger partial charge on any atom is -0.389 e. The first-order valence-electron chi connectivity index (χ1n) is 11.6. The molecule has 4 atom stereocenters. The monoisotopic (exact) mass is 458 g/mol. The Labute approximate surface area is 197 Å². The lowest BCUT2D eigenvalue weighted by Crippen LogP contribution is -2.50. The van der Waals surface area contributed by atoms with Crippen LogP contribution >= 0.6 is 11.8 Å². The van der Waals surface area contributed by atoms with Gasteiger partial charge in [0.15, 0.2) is 0 Å². The summed E-state index contributed by atoms with van der Waals surface area (Å²) in [6.45, 7) is 5.97. The fourth-order valence-electron chi connectivity index (χ4n) is 4.12. The molecule has 1 unspecified atom stereocenters. The molecule has 2 rings (SSSR count). The SMILES string of the molecule is C#CC[C@H](O)C(O)[C@H](CC1CCCCC1)NC(=C)[C@H](C)NC(=O)CCSc1ccccc1. The molecule has 1 aromatic rings. The maximum atomic E-state index is 12.4. The number of nitrogens with one attached hydrogen (secondary N) is 2. The molecular formula is C26H38N2O3S. The van der Waals surface area contributed by atoms with Gasteiger partial charge in [0.05, 0.1) is 18.2 Å². The van der Waals surface area contributed by atoms with Crippen molar-refractivity contribution >= 4 is 17.7 Å². The highest BCUT2D eigenvalue weighted by Gasteiger charge is 2.30. The number of aliphatic hydroxyl groups excluding tert-OH is 2. The van der Waals surface area contributed by atoms with Crippen molar-refractivity contribution in [3.05, 3.63) is 42.6 Å². The first kappa shape index (κ1) is 26.3. The van der Waals surface area contributed by atoms with Gasteiger partial charge in [0.2, 0.25) is 5.91 Å². The summed E-state index contributed by atoms with van der Waals surface area (Å²) in [5, 5.41) is 27.3. The van der Waals surface area contributed by atoms with Gasteiger partial charge in [0, 0.05) is 29.2 Å². The van der Waals surface area contributed by atoms with Gasteiger partial charge in [-0.05, 0) is 31.4 Å². The Morgan fingerprint density at radius 2 is 1.91 bits per heavy atom. The highest BCUT2D eigenvalue weighted by molar-refractivity contribution is 7.99. The number of thioether (sulfide) groups is 1. The van der Waals surface area contributed by atoms with Crippen molar-refractivity contribution in [3.63, 3.8) is 0 Å². The quantitative estimate of drug-likeness (QED) is 0.267. The Kier molecular flexibility index (Phi) is 11.7. The topological polar surface area (TPSA) is 81.6 Å². The van der Waals surface area contributed by atoms with E-state index in [1.54, 1.807) is 11.8 Å². The normalized spacial score (nSPS) is 18.1. The molecule has 1 amide bonds. The average Bonchev–Trinajstić information content (AvgIpc) is 2.79. The zero-order valence-corrected chi connectivity index (χ0v) is 19.9. The number of amides is 1. The van der Waals surface area contributed by atoms with E-state index in [9.17, 15) is 15.0 Å². The second-order valence-corrected chi connectivity index (χ2v) is 9.85. The first-order chi connectivity index (χ1) is 15.4. The molecule has 5 nitrogen and oxygen atoms in total. The van der Waals surface area contributed by atoms with Gasteiger partial charge >= 0.3 is 0 Å². The molecule has 0 aromatic heterocycles. The third kappa shape index (κ3) is 9.28. The van der Waals surface area contributed by atoms with Gasteiger partial charge in [-0.25, -0.2) is 0 Å². The lowest BCUT2D eigenvalue weighted by Gasteiger charge is -2.34. The van der Waals surface area contributed by atoms with Gasteiger partial charge < -0.3 is 20.8 Å². The zero-order chi connectivity index (χ0) is 23.3. The van der Waals surface area contributed by atoms with Crippen LogP contribution < -0.4 is 10.6 Å². The summed E-state index contributed by atoms with van der Waals surface area (Å²) in [5.41, 5.74) is 0.627. The van der Waals surface area contributed by atoms with Crippen molar-refractivity contribution in [2.45, 2.75) is 87.5 Å². The van der Waals surface area contributed by atoms with E-state index in [4.69, 9.17) is 6.42 Å². The zero-order valence-electron chi connectivity index (χ0n) is 19.1. The second-order valence-electron chi connectivity index (χ2n) is 8.68. The summed E-state index contributed by atoms with van der Waals surface area (Å²) in [7, 11) is 0. The summed E-state index contributed by atoms with van der Waals surface area (Å²) in [5.74, 6) is 3.58. The molecule has 176 valence electrons. The molecule has 1 aromatic carbocycles. The molecular weight excluding hydrogens is 420 g/mol. The van der Waals surface area contributed by atoms with E-state index >= 15 is 0 Å². The van der Waals surface area contributed by atoms with Crippen molar-refractivity contribution in [1.29, 1.82) is 0 Å². The van der Waals surface area contributed by atoms with E-state index in [2.05, 4.69) is 23.1 Å². The molecule has 1 saturated carbocycles. The number of carbonyl (C=O) groups is 1. The Hall–Kier alpha value is -1.94. The van der Waals surface area contributed by atoms with Crippen LogP contribution in [0.2, 0.25) is 0 Å². The van der Waals surface area contributed by atoms with E-state index in [0.717, 1.165) is 24.2 Å². The van der Waals surface area contributed by atoms with E-state index in [-0.39, 0.29) is 24.4 Å². The first-order valence-corrected chi connectivity index (χ1v) is 12.6. The Balaban J connectivity index is 1.85. The molecule has 1 fully saturated rings. The Bertz CT molecular complexity index is 743. The molecule has 0 saturated heterocycles. The van der Waals surface area contributed by atoms with Crippen LogP contribution in [0.15, 0.2) is 47.5 Å². The molecule has 0 radical (unpaired) electrons. The molecule has 32 heavy (non-hydrogen) atoms. The van der Waals surface area contributed by atoms with Crippen LogP contribution in [-0.4, -0.2) is 46.2 Å². The van der Waals surface area contributed by atoms with Crippen LogP contribution in [0.25, 0.3) is 0 Å². The Morgan fingerprint density at radius 1 is 1.22 bits per heavy atom. The number of benzene rings is 1. The standard InChI is InChI=1S/C26H38N2O3S/c1-4-11-24(29)26(31)23(18-21-12-7-5-8-13-21)27-19(2)20(3)28-25(30)16-17-32-22-14-9-6-10-15-22/h1,6,9-10,14-15,20-21,23-24,26-27,29,31H,2,5,7-8,11-13,16-18H2,3H3,(H,28,30)/t20-,23-,24-,26?/m0/s1. The number of rotatable bonds is 13. The third-order valence-electron chi connectivity index (χ3n) is 6.06. The van der Waals surface area contributed by atoms with Gasteiger partial charge in [-0.15, -0.1) is 24.1 Å². The summed E-state index contributed by atoms with van der Waals surface area (Å²) in [6.07, 6.45) is 10.5. The van der Waals surface area contributed by atoms with Crippen molar-refractivity contribution in [2.75, 3.05) is 5.75 Å². The lowest BCUT2D eigenvalue weighted by atomic mass is 9.82. The number of terminal acetylenes is 1. The predicted molar refractivity (Wildman–Crippen MR) is 132 cm³/mol. The third-order valence-corrected chi connectivity index (χ3v) is 7.07. The van der Waals surface area contributed by atoms with Crippen molar-refractivity contribution in [1.82, 2.24) is 10.6 Å². The Morgan fingerprint density at radius 3 is 2.56 bits per heavy atom. The van der Waals surface area contributed by atoms with Crippen LogP contribution in [0, 0.1) is 18.3 Å². The van der Waals surface area contributed by atoms with E-state index < -0.39 is 12.2 Å². The van der Waals surface area contributed by atoms with Crippen molar-refractivity contribution < 1.29 is 15.0 Å². The van der Waals surface area contributed by atoms with Crippen LogP contribution in [0.5, 0.6) is 0 Å². The molecule has 6 heteroatoms. The fraction of sp³-hybridized carbons (Fsp3) is 0.577. The molecule has 0 bridgehead atoms. The van der Waals surface area contributed by atoms with Crippen LogP contribution in [0.1, 0.15) is 58.3 Å². The molecule has 0 spiro atoms. The van der Waals surface area contributed by atoms with Gasteiger partial charge in [-0.3, -0.25) is 4.79 Å². The van der Waals surface area contributed by atoms with E-state index in [1.165, 1.54) is 19.3 Å². The number of hydrogen-bond acceptors (Lipinski definition) is 5. The maximum Gasteiger partial charge on any atom is 0.221 e. The maximum absolute atomic E-state index is 12.4. The van der Waals surface area contributed by atoms with Gasteiger partial charge in [-0.1, -0.05) is 56.9 Å². The highest BCUT2D eigenvalue weighted by atomic mass is 32.2. The molecule has 1 aliphatic carbocycles. The second kappa shape index (κ2) is 14.3. The van der Waals surface area contributed by atoms with Crippen molar-refractivity contribution in [2.24, 2.45) is 5.92 Å². The summed E-state index contributed by atoms with van der Waals surface area (Å²) >= 11 is 1.65. The van der Waals surface area contributed by atoms with Crippen LogP contribution in [0.3, 0.4) is 0 Å². The predicted octanol–water partition coefficient (Wildman–Crippen LogP) is 3.86. The number of carbonyl (C=O) groups excluding carboxylic acids is 1. The fourth-order valence-corrected chi connectivity index (χ4v) is 4.99. The highest BCUT2D eigenvalue weighted by Crippen LogP contribution is 2.29. The molecule has 4 N–H and O–H groups in total. The van der Waals surface area contributed by atoms with Gasteiger partial charge in [0.1, 0.15) is 6.10 Å². The minimum atomic E-state index is -0.992. The van der Waals surface area contributed by atoms with Crippen LogP contribution in [0.4, 0.5) is 0 Å². The average molecular weight is 459 g/mol. The number of hydrogen-bond donors (Lipinski definition) is 4. The number of aliphatic hydroxyl groups is 2. The summed E-state index contributed by atoms with van der Waals surface area (Å²) in [4.78, 5) is 13.5. The van der Waals surface area contributed by atoms with E-state index in [0.29, 0.717) is 23.8 Å². The molecule has 0 heterocycles.